The lowest BCUT2D eigenvalue weighted by molar-refractivity contribution is -0.127. The second kappa shape index (κ2) is 9.37. The predicted octanol–water partition coefficient (Wildman–Crippen LogP) is 2.02. The Morgan fingerprint density at radius 2 is 1.93 bits per heavy atom. The predicted molar refractivity (Wildman–Crippen MR) is 103 cm³/mol. The third-order valence-corrected chi connectivity index (χ3v) is 5.13. The lowest BCUT2D eigenvalue weighted by atomic mass is 9.83. The summed E-state index contributed by atoms with van der Waals surface area (Å²) in [5.41, 5.74) is 1.72. The van der Waals surface area contributed by atoms with Crippen molar-refractivity contribution in [3.05, 3.63) is 59.9 Å². The summed E-state index contributed by atoms with van der Waals surface area (Å²) >= 11 is 0. The molecule has 0 bridgehead atoms. The van der Waals surface area contributed by atoms with Crippen LogP contribution in [-0.4, -0.2) is 40.6 Å². The van der Waals surface area contributed by atoms with E-state index in [4.69, 9.17) is 0 Å². The van der Waals surface area contributed by atoms with Gasteiger partial charge in [-0.05, 0) is 49.8 Å². The molecule has 6 nitrogen and oxygen atoms in total. The van der Waals surface area contributed by atoms with Crippen LogP contribution in [-0.2, 0) is 11.2 Å². The fourth-order valence-corrected chi connectivity index (χ4v) is 3.56. The van der Waals surface area contributed by atoms with E-state index in [1.54, 1.807) is 18.3 Å². The lowest BCUT2D eigenvalue weighted by Gasteiger charge is -2.33. The Morgan fingerprint density at radius 1 is 1.11 bits per heavy atom. The first kappa shape index (κ1) is 19.2. The Morgan fingerprint density at radius 3 is 2.67 bits per heavy atom. The molecule has 1 aromatic heterocycles. The van der Waals surface area contributed by atoms with Gasteiger partial charge in [0, 0.05) is 18.7 Å². The topological polar surface area (TPSA) is 94.2 Å². The van der Waals surface area contributed by atoms with E-state index in [0.717, 1.165) is 12.8 Å². The number of hydrogen-bond acceptors (Lipinski definition) is 3. The maximum atomic E-state index is 12.5. The number of aromatic nitrogens is 1. The molecule has 0 unspecified atom stereocenters. The summed E-state index contributed by atoms with van der Waals surface area (Å²) in [6.45, 7) is 0.631. The molecule has 1 fully saturated rings. The SMILES string of the molecule is O=C(N[C@@H]1C[C@@H](C(=O)NCCCc2ccccc2)CC[C@H]1O)c1ccc[nH]1. The van der Waals surface area contributed by atoms with Crippen molar-refractivity contribution >= 4 is 11.8 Å². The minimum Gasteiger partial charge on any atom is -0.391 e. The number of hydrogen-bond donors (Lipinski definition) is 4. The third kappa shape index (κ3) is 5.44. The van der Waals surface area contributed by atoms with Gasteiger partial charge < -0.3 is 20.7 Å². The van der Waals surface area contributed by atoms with E-state index < -0.39 is 12.1 Å². The van der Waals surface area contributed by atoms with E-state index in [-0.39, 0.29) is 17.7 Å². The van der Waals surface area contributed by atoms with Crippen LogP contribution < -0.4 is 10.6 Å². The molecule has 0 saturated heterocycles. The monoisotopic (exact) mass is 369 g/mol. The number of aliphatic hydroxyl groups is 1. The first-order valence-electron chi connectivity index (χ1n) is 9.57. The van der Waals surface area contributed by atoms with Crippen molar-refractivity contribution in [1.29, 1.82) is 0 Å². The maximum absolute atomic E-state index is 12.5. The van der Waals surface area contributed by atoms with Gasteiger partial charge in [-0.1, -0.05) is 30.3 Å². The van der Waals surface area contributed by atoms with Crippen molar-refractivity contribution < 1.29 is 14.7 Å². The lowest BCUT2D eigenvalue weighted by Crippen LogP contribution is -2.49. The number of carbonyl (C=O) groups is 2. The van der Waals surface area contributed by atoms with Crippen LogP contribution in [0.2, 0.25) is 0 Å². The highest BCUT2D eigenvalue weighted by atomic mass is 16.3. The molecule has 27 heavy (non-hydrogen) atoms. The summed E-state index contributed by atoms with van der Waals surface area (Å²) in [4.78, 5) is 27.5. The molecule has 1 aliphatic carbocycles. The molecule has 1 aliphatic rings. The average Bonchev–Trinajstić information content (AvgIpc) is 3.22. The van der Waals surface area contributed by atoms with Gasteiger partial charge in [0.1, 0.15) is 5.69 Å². The normalized spacial score (nSPS) is 22.2. The number of nitrogens with one attached hydrogen (secondary N) is 3. The highest BCUT2D eigenvalue weighted by Crippen LogP contribution is 2.25. The van der Waals surface area contributed by atoms with Gasteiger partial charge in [-0.3, -0.25) is 9.59 Å². The largest absolute Gasteiger partial charge is 0.391 e. The van der Waals surface area contributed by atoms with E-state index in [1.165, 1.54) is 5.56 Å². The van der Waals surface area contributed by atoms with Crippen LogP contribution in [0.1, 0.15) is 41.7 Å². The van der Waals surface area contributed by atoms with Crippen LogP contribution in [0, 0.1) is 5.92 Å². The number of aliphatic hydroxyl groups excluding tert-OH is 1. The van der Waals surface area contributed by atoms with Crippen LogP contribution >= 0.6 is 0 Å². The minimum absolute atomic E-state index is 0.00841. The number of carbonyl (C=O) groups excluding carboxylic acids is 2. The van der Waals surface area contributed by atoms with Crippen molar-refractivity contribution in [2.24, 2.45) is 5.92 Å². The van der Waals surface area contributed by atoms with Crippen LogP contribution in [0.25, 0.3) is 0 Å². The Labute approximate surface area is 159 Å². The van der Waals surface area contributed by atoms with E-state index in [2.05, 4.69) is 27.8 Å². The number of aryl methyl sites for hydroxylation is 1. The van der Waals surface area contributed by atoms with Gasteiger partial charge in [0.05, 0.1) is 12.1 Å². The molecule has 3 rings (SSSR count). The molecule has 2 aromatic rings. The summed E-state index contributed by atoms with van der Waals surface area (Å²) in [5.74, 6) is -0.430. The highest BCUT2D eigenvalue weighted by molar-refractivity contribution is 5.92. The quantitative estimate of drug-likeness (QED) is 0.563. The summed E-state index contributed by atoms with van der Waals surface area (Å²) in [6, 6.07) is 13.2. The molecule has 0 aliphatic heterocycles. The minimum atomic E-state index is -0.619. The molecule has 3 atom stereocenters. The van der Waals surface area contributed by atoms with Gasteiger partial charge in [0.25, 0.3) is 5.91 Å². The van der Waals surface area contributed by atoms with Gasteiger partial charge in [-0.25, -0.2) is 0 Å². The molecule has 0 radical (unpaired) electrons. The maximum Gasteiger partial charge on any atom is 0.267 e. The highest BCUT2D eigenvalue weighted by Gasteiger charge is 2.33. The second-order valence-electron chi connectivity index (χ2n) is 7.12. The summed E-state index contributed by atoms with van der Waals surface area (Å²) in [7, 11) is 0. The van der Waals surface area contributed by atoms with Crippen molar-refractivity contribution in [3.8, 4) is 0 Å². The standard InChI is InChI=1S/C21H27N3O3/c25-19-11-10-16(14-18(19)24-21(27)17-9-5-12-22-17)20(26)23-13-4-8-15-6-2-1-3-7-15/h1-3,5-7,9,12,16,18-19,22,25H,4,8,10-11,13-14H2,(H,23,26)(H,24,27)/t16-,18+,19+/m0/s1. The van der Waals surface area contributed by atoms with Crippen molar-refractivity contribution in [2.75, 3.05) is 6.54 Å². The molecular weight excluding hydrogens is 342 g/mol. The molecule has 6 heteroatoms. The van der Waals surface area contributed by atoms with Crippen LogP contribution in [0.3, 0.4) is 0 Å². The summed E-state index contributed by atoms with van der Waals surface area (Å²) in [5, 5.41) is 16.0. The average molecular weight is 369 g/mol. The van der Waals surface area contributed by atoms with E-state index in [0.29, 0.717) is 31.5 Å². The fourth-order valence-electron chi connectivity index (χ4n) is 3.56. The number of amides is 2. The van der Waals surface area contributed by atoms with Gasteiger partial charge in [-0.15, -0.1) is 0 Å². The zero-order valence-corrected chi connectivity index (χ0v) is 15.4. The summed E-state index contributed by atoms with van der Waals surface area (Å²) in [6.07, 6.45) is 4.48. The van der Waals surface area contributed by atoms with Crippen LogP contribution in [0.15, 0.2) is 48.7 Å². The number of rotatable bonds is 7. The zero-order chi connectivity index (χ0) is 19.1. The van der Waals surface area contributed by atoms with E-state index in [9.17, 15) is 14.7 Å². The smallest absolute Gasteiger partial charge is 0.267 e. The van der Waals surface area contributed by atoms with Gasteiger partial charge in [-0.2, -0.15) is 0 Å². The second-order valence-corrected chi connectivity index (χ2v) is 7.12. The molecule has 4 N–H and O–H groups in total. The van der Waals surface area contributed by atoms with Crippen molar-refractivity contribution in [1.82, 2.24) is 15.6 Å². The fraction of sp³-hybridized carbons (Fsp3) is 0.429. The van der Waals surface area contributed by atoms with E-state index >= 15 is 0 Å². The molecule has 144 valence electrons. The number of H-pyrrole nitrogens is 1. The van der Waals surface area contributed by atoms with Crippen molar-refractivity contribution in [3.63, 3.8) is 0 Å². The first-order valence-corrected chi connectivity index (χ1v) is 9.57. The Bertz CT molecular complexity index is 730. The van der Waals surface area contributed by atoms with Gasteiger partial charge in [0.2, 0.25) is 5.91 Å². The Kier molecular flexibility index (Phi) is 6.65. The van der Waals surface area contributed by atoms with Gasteiger partial charge in [0.15, 0.2) is 0 Å². The van der Waals surface area contributed by atoms with Gasteiger partial charge >= 0.3 is 0 Å². The summed E-state index contributed by atoms with van der Waals surface area (Å²) < 4.78 is 0. The van der Waals surface area contributed by atoms with Crippen LogP contribution in [0.4, 0.5) is 0 Å². The Balaban J connectivity index is 1.43. The molecule has 1 heterocycles. The van der Waals surface area contributed by atoms with Crippen molar-refractivity contribution in [2.45, 2.75) is 44.2 Å². The Hall–Kier alpha value is -2.60. The van der Waals surface area contributed by atoms with Crippen LogP contribution in [0.5, 0.6) is 0 Å². The third-order valence-electron chi connectivity index (χ3n) is 5.13. The van der Waals surface area contributed by atoms with E-state index in [1.807, 2.05) is 18.2 Å². The molecule has 1 saturated carbocycles. The first-order chi connectivity index (χ1) is 13.1. The molecule has 2 amide bonds. The molecule has 1 aromatic carbocycles. The zero-order valence-electron chi connectivity index (χ0n) is 15.4. The molecular formula is C21H27N3O3. The number of benzene rings is 1. The number of aromatic amines is 1. The molecule has 0 spiro atoms.